The zero-order chi connectivity index (χ0) is 17.4. The van der Waals surface area contributed by atoms with Gasteiger partial charge < -0.3 is 9.67 Å². The van der Waals surface area contributed by atoms with E-state index in [1.54, 1.807) is 4.68 Å². The number of fused-ring (bicyclic) bond motifs is 1. The average molecular weight is 327 g/mol. The molecule has 0 saturated carbocycles. The Labute approximate surface area is 142 Å². The lowest BCUT2D eigenvalue weighted by molar-refractivity contribution is 0.274. The number of nitrogens with zero attached hydrogens (tertiary/aromatic N) is 5. The van der Waals surface area contributed by atoms with Crippen LogP contribution in [0.2, 0.25) is 0 Å². The summed E-state index contributed by atoms with van der Waals surface area (Å²) < 4.78 is 3.85. The van der Waals surface area contributed by atoms with Crippen molar-refractivity contribution in [3.05, 3.63) is 41.2 Å². The van der Waals surface area contributed by atoms with E-state index < -0.39 is 0 Å². The molecule has 0 unspecified atom stereocenters. The summed E-state index contributed by atoms with van der Waals surface area (Å²) in [5, 5.41) is 14.9. The predicted molar refractivity (Wildman–Crippen MR) is 93.9 cm³/mol. The van der Waals surface area contributed by atoms with E-state index in [1.807, 2.05) is 19.4 Å². The highest BCUT2D eigenvalue weighted by Gasteiger charge is 2.17. The van der Waals surface area contributed by atoms with Gasteiger partial charge in [0.1, 0.15) is 11.5 Å². The summed E-state index contributed by atoms with van der Waals surface area (Å²) >= 11 is 0. The van der Waals surface area contributed by atoms with E-state index in [4.69, 9.17) is 9.97 Å². The van der Waals surface area contributed by atoms with Gasteiger partial charge in [0, 0.05) is 36.3 Å². The molecule has 0 amide bonds. The van der Waals surface area contributed by atoms with Crippen LogP contribution in [-0.4, -0.2) is 29.4 Å². The van der Waals surface area contributed by atoms with Gasteiger partial charge in [-0.05, 0) is 12.0 Å². The van der Waals surface area contributed by atoms with Gasteiger partial charge in [-0.15, -0.1) is 0 Å². The van der Waals surface area contributed by atoms with Gasteiger partial charge in [0.2, 0.25) is 0 Å². The van der Waals surface area contributed by atoms with Gasteiger partial charge in [-0.3, -0.25) is 4.68 Å². The summed E-state index contributed by atoms with van der Waals surface area (Å²) in [6, 6.07) is 2.09. The summed E-state index contributed by atoms with van der Waals surface area (Å²) in [5.74, 6) is 1.50. The molecule has 0 aliphatic heterocycles. The number of aliphatic hydroxyl groups is 1. The molecule has 6 heteroatoms. The van der Waals surface area contributed by atoms with Gasteiger partial charge in [-0.1, -0.05) is 27.7 Å². The molecular weight excluding hydrogens is 302 g/mol. The van der Waals surface area contributed by atoms with Gasteiger partial charge >= 0.3 is 0 Å². The molecule has 128 valence electrons. The summed E-state index contributed by atoms with van der Waals surface area (Å²) in [6.07, 6.45) is 3.99. The van der Waals surface area contributed by atoms with E-state index in [0.717, 1.165) is 28.1 Å². The lowest BCUT2D eigenvalue weighted by Crippen LogP contribution is -2.07. The van der Waals surface area contributed by atoms with Gasteiger partial charge in [-0.2, -0.15) is 5.10 Å². The van der Waals surface area contributed by atoms with Crippen molar-refractivity contribution in [1.29, 1.82) is 0 Å². The van der Waals surface area contributed by atoms with Gasteiger partial charge in [-0.25, -0.2) is 9.97 Å². The van der Waals surface area contributed by atoms with Crippen molar-refractivity contribution in [1.82, 2.24) is 24.3 Å². The van der Waals surface area contributed by atoms with Crippen molar-refractivity contribution in [2.75, 3.05) is 0 Å². The van der Waals surface area contributed by atoms with Crippen molar-refractivity contribution < 1.29 is 5.11 Å². The van der Waals surface area contributed by atoms with E-state index in [2.05, 4.69) is 43.4 Å². The average Bonchev–Trinajstić information content (AvgIpc) is 3.09. The zero-order valence-corrected chi connectivity index (χ0v) is 15.0. The molecule has 0 radical (unpaired) electrons. The van der Waals surface area contributed by atoms with Crippen molar-refractivity contribution in [3.8, 4) is 0 Å². The number of aryl methyl sites for hydroxylation is 1. The van der Waals surface area contributed by atoms with Gasteiger partial charge in [0.15, 0.2) is 0 Å². The minimum absolute atomic E-state index is 0.0567. The number of rotatable bonds is 5. The molecule has 24 heavy (non-hydrogen) atoms. The fraction of sp³-hybridized carbons (Fsp3) is 0.500. The first-order valence-electron chi connectivity index (χ1n) is 8.39. The van der Waals surface area contributed by atoms with Crippen molar-refractivity contribution in [2.45, 2.75) is 52.7 Å². The SMILES string of the molecule is CC(C)c1nc(C(C)C)c2ccn(Cc3cn(C)nc3CO)c2n1. The number of aliphatic hydroxyl groups excluding tert-OH is 1. The molecule has 0 spiro atoms. The molecule has 0 aliphatic rings. The fourth-order valence-electron chi connectivity index (χ4n) is 2.96. The molecule has 3 heterocycles. The van der Waals surface area contributed by atoms with Crippen LogP contribution in [0.4, 0.5) is 0 Å². The first kappa shape index (κ1) is 16.6. The molecule has 3 rings (SSSR count). The predicted octanol–water partition coefficient (Wildman–Crippen LogP) is 2.95. The van der Waals surface area contributed by atoms with E-state index >= 15 is 0 Å². The summed E-state index contributed by atoms with van der Waals surface area (Å²) in [4.78, 5) is 9.58. The maximum atomic E-state index is 9.50. The van der Waals surface area contributed by atoms with Crippen LogP contribution in [0.3, 0.4) is 0 Å². The zero-order valence-electron chi connectivity index (χ0n) is 15.0. The van der Waals surface area contributed by atoms with Crippen LogP contribution in [0.1, 0.15) is 62.3 Å². The third-order valence-electron chi connectivity index (χ3n) is 4.21. The largest absolute Gasteiger partial charge is 0.390 e. The first-order valence-corrected chi connectivity index (χ1v) is 8.39. The highest BCUT2D eigenvalue weighted by atomic mass is 16.3. The minimum Gasteiger partial charge on any atom is -0.390 e. The van der Waals surface area contributed by atoms with E-state index in [-0.39, 0.29) is 12.5 Å². The summed E-state index contributed by atoms with van der Waals surface area (Å²) in [5.41, 5.74) is 3.76. The Kier molecular flexibility index (Phi) is 4.41. The topological polar surface area (TPSA) is 68.8 Å². The molecule has 3 aromatic heterocycles. The molecule has 6 nitrogen and oxygen atoms in total. The number of aromatic nitrogens is 5. The molecule has 0 fully saturated rings. The highest BCUT2D eigenvalue weighted by molar-refractivity contribution is 5.79. The molecule has 1 N–H and O–H groups in total. The lowest BCUT2D eigenvalue weighted by atomic mass is 10.1. The fourth-order valence-corrected chi connectivity index (χ4v) is 2.96. The van der Waals surface area contributed by atoms with E-state index in [9.17, 15) is 5.11 Å². The second kappa shape index (κ2) is 6.36. The van der Waals surface area contributed by atoms with Crippen LogP contribution >= 0.6 is 0 Å². The quantitative estimate of drug-likeness (QED) is 0.782. The van der Waals surface area contributed by atoms with Crippen LogP contribution in [-0.2, 0) is 20.2 Å². The van der Waals surface area contributed by atoms with Crippen LogP contribution in [0.25, 0.3) is 11.0 Å². The Hall–Kier alpha value is -2.21. The molecule has 3 aromatic rings. The number of hydrogen-bond acceptors (Lipinski definition) is 4. The Morgan fingerprint density at radius 3 is 2.50 bits per heavy atom. The second-order valence-corrected chi connectivity index (χ2v) is 6.89. The normalized spacial score (nSPS) is 12.0. The second-order valence-electron chi connectivity index (χ2n) is 6.89. The van der Waals surface area contributed by atoms with Crippen molar-refractivity contribution in [2.24, 2.45) is 7.05 Å². The Bertz CT molecular complexity index is 860. The smallest absolute Gasteiger partial charge is 0.144 e. The van der Waals surface area contributed by atoms with E-state index in [1.165, 1.54) is 0 Å². The van der Waals surface area contributed by atoms with Gasteiger partial charge in [0.05, 0.1) is 24.5 Å². The summed E-state index contributed by atoms with van der Waals surface area (Å²) in [6.45, 7) is 9.13. The molecule has 0 atom stereocenters. The minimum atomic E-state index is -0.0567. The van der Waals surface area contributed by atoms with Crippen LogP contribution < -0.4 is 0 Å². The van der Waals surface area contributed by atoms with Crippen LogP contribution in [0, 0.1) is 0 Å². The number of hydrogen-bond donors (Lipinski definition) is 1. The Balaban J connectivity index is 2.12. The molecule has 0 saturated heterocycles. The van der Waals surface area contributed by atoms with Crippen LogP contribution in [0.5, 0.6) is 0 Å². The van der Waals surface area contributed by atoms with Crippen molar-refractivity contribution in [3.63, 3.8) is 0 Å². The monoisotopic (exact) mass is 327 g/mol. The Morgan fingerprint density at radius 2 is 1.88 bits per heavy atom. The third kappa shape index (κ3) is 2.94. The standard InChI is InChI=1S/C18H25N5O/c1-11(2)16-14-6-7-23(18(14)20-17(19-16)12(3)4)9-13-8-22(5)21-15(13)10-24/h6-8,11-12,24H,9-10H2,1-5H3. The van der Waals surface area contributed by atoms with Crippen molar-refractivity contribution >= 4 is 11.0 Å². The van der Waals surface area contributed by atoms with Gasteiger partial charge in [0.25, 0.3) is 0 Å². The third-order valence-corrected chi connectivity index (χ3v) is 4.21. The summed E-state index contributed by atoms with van der Waals surface area (Å²) in [7, 11) is 1.87. The van der Waals surface area contributed by atoms with Crippen LogP contribution in [0.15, 0.2) is 18.5 Å². The molecule has 0 aliphatic carbocycles. The maximum Gasteiger partial charge on any atom is 0.144 e. The molecule has 0 bridgehead atoms. The highest BCUT2D eigenvalue weighted by Crippen LogP contribution is 2.26. The Morgan fingerprint density at radius 1 is 1.12 bits per heavy atom. The first-order chi connectivity index (χ1) is 11.4. The molecular formula is C18H25N5O. The molecule has 0 aromatic carbocycles. The maximum absolute atomic E-state index is 9.50. The lowest BCUT2D eigenvalue weighted by Gasteiger charge is -2.12. The van der Waals surface area contributed by atoms with E-state index in [0.29, 0.717) is 18.2 Å².